The minimum absolute atomic E-state index is 0.0494. The predicted octanol–water partition coefficient (Wildman–Crippen LogP) is 2.55. The fourth-order valence-corrected chi connectivity index (χ4v) is 3.57. The zero-order valence-electron chi connectivity index (χ0n) is 11.8. The number of hydrogen-bond donors (Lipinski definition) is 2. The average molecular weight is 371 g/mol. The highest BCUT2D eigenvalue weighted by atomic mass is 79.9. The number of nitrogen functional groups attached to an aromatic ring is 1. The Kier molecular flexibility index (Phi) is 4.20. The van der Waals surface area contributed by atoms with Crippen LogP contribution in [0.4, 0.5) is 11.6 Å². The fraction of sp³-hybridized carbons (Fsp3) is 0.231. The molecule has 0 saturated heterocycles. The van der Waals surface area contributed by atoms with Gasteiger partial charge in [0.05, 0.1) is 4.90 Å². The number of anilines is 2. The minimum atomic E-state index is -3.79. The molecule has 1 aromatic carbocycles. The molecular weight excluding hydrogens is 356 g/mol. The van der Waals surface area contributed by atoms with Crippen LogP contribution in [0.15, 0.2) is 27.6 Å². The Morgan fingerprint density at radius 2 is 1.67 bits per heavy atom. The van der Waals surface area contributed by atoms with E-state index in [-0.39, 0.29) is 10.8 Å². The molecule has 0 bridgehead atoms. The van der Waals surface area contributed by atoms with Gasteiger partial charge in [0.1, 0.15) is 0 Å². The van der Waals surface area contributed by atoms with Gasteiger partial charge >= 0.3 is 0 Å². The normalized spacial score (nSPS) is 11.4. The van der Waals surface area contributed by atoms with Crippen LogP contribution < -0.4 is 10.5 Å². The van der Waals surface area contributed by atoms with Crippen molar-refractivity contribution in [1.29, 1.82) is 0 Å². The van der Waals surface area contributed by atoms with Crippen molar-refractivity contribution in [2.45, 2.75) is 25.7 Å². The number of benzene rings is 1. The maximum atomic E-state index is 12.4. The maximum Gasteiger partial charge on any atom is 0.264 e. The summed E-state index contributed by atoms with van der Waals surface area (Å²) < 4.78 is 27.9. The number of hydrogen-bond acceptors (Lipinski definition) is 5. The second-order valence-corrected chi connectivity index (χ2v) is 7.22. The van der Waals surface area contributed by atoms with E-state index in [1.807, 2.05) is 0 Å². The van der Waals surface area contributed by atoms with Crippen LogP contribution in [0.5, 0.6) is 0 Å². The van der Waals surface area contributed by atoms with Crippen molar-refractivity contribution in [3.8, 4) is 0 Å². The standard InChI is InChI=1S/C13H15BrN4O2S/c1-7-4-10(14)11(15)6-12(7)21(19,20)18-13-16-8(2)5-9(3)17-13/h4-6H,15H2,1-3H3,(H,16,17,18). The first kappa shape index (κ1) is 15.7. The van der Waals surface area contributed by atoms with E-state index in [0.717, 1.165) is 0 Å². The van der Waals surface area contributed by atoms with Crippen molar-refractivity contribution in [3.05, 3.63) is 39.6 Å². The van der Waals surface area contributed by atoms with Crippen LogP contribution in [0.1, 0.15) is 17.0 Å². The molecule has 0 spiro atoms. The van der Waals surface area contributed by atoms with Gasteiger partial charge in [-0.3, -0.25) is 0 Å². The van der Waals surface area contributed by atoms with Crippen molar-refractivity contribution in [3.63, 3.8) is 0 Å². The van der Waals surface area contributed by atoms with Crippen LogP contribution in [0.2, 0.25) is 0 Å². The molecule has 2 aromatic rings. The highest BCUT2D eigenvalue weighted by Gasteiger charge is 2.20. The van der Waals surface area contributed by atoms with Gasteiger partial charge in [-0.05, 0) is 60.5 Å². The number of nitrogens with two attached hydrogens (primary N) is 1. The first-order valence-electron chi connectivity index (χ1n) is 6.10. The quantitative estimate of drug-likeness (QED) is 0.808. The van der Waals surface area contributed by atoms with E-state index >= 15 is 0 Å². The summed E-state index contributed by atoms with van der Waals surface area (Å²) in [5.74, 6) is 0.0494. The molecule has 3 N–H and O–H groups in total. The van der Waals surface area contributed by atoms with Gasteiger partial charge in [-0.1, -0.05) is 0 Å². The van der Waals surface area contributed by atoms with Gasteiger partial charge in [0.15, 0.2) is 0 Å². The summed E-state index contributed by atoms with van der Waals surface area (Å²) >= 11 is 3.27. The lowest BCUT2D eigenvalue weighted by Crippen LogP contribution is -2.17. The molecule has 6 nitrogen and oxygen atoms in total. The summed E-state index contributed by atoms with van der Waals surface area (Å²) in [7, 11) is -3.79. The van der Waals surface area contributed by atoms with E-state index in [4.69, 9.17) is 5.73 Å². The highest BCUT2D eigenvalue weighted by molar-refractivity contribution is 9.10. The maximum absolute atomic E-state index is 12.4. The molecule has 0 aliphatic heterocycles. The largest absolute Gasteiger partial charge is 0.398 e. The minimum Gasteiger partial charge on any atom is -0.398 e. The second kappa shape index (κ2) is 5.61. The van der Waals surface area contributed by atoms with Crippen LogP contribution in [-0.4, -0.2) is 18.4 Å². The number of rotatable bonds is 3. The third-order valence-corrected chi connectivity index (χ3v) is 4.95. The lowest BCUT2D eigenvalue weighted by atomic mass is 10.2. The van der Waals surface area contributed by atoms with Gasteiger partial charge in [-0.2, -0.15) is 0 Å². The number of nitrogens with zero attached hydrogens (tertiary/aromatic N) is 2. The van der Waals surface area contributed by atoms with Crippen LogP contribution in [0.25, 0.3) is 0 Å². The SMILES string of the molecule is Cc1cc(C)nc(NS(=O)(=O)c2cc(N)c(Br)cc2C)n1. The van der Waals surface area contributed by atoms with E-state index in [1.54, 1.807) is 32.9 Å². The summed E-state index contributed by atoms with van der Waals surface area (Å²) in [5.41, 5.74) is 8.06. The number of aryl methyl sites for hydroxylation is 3. The van der Waals surface area contributed by atoms with Gasteiger partial charge in [0, 0.05) is 21.5 Å². The van der Waals surface area contributed by atoms with E-state index in [2.05, 4.69) is 30.6 Å². The molecule has 1 heterocycles. The summed E-state index contributed by atoms with van der Waals surface area (Å²) in [4.78, 5) is 8.25. The molecule has 112 valence electrons. The molecule has 0 radical (unpaired) electrons. The van der Waals surface area contributed by atoms with Crippen molar-refractivity contribution in [2.24, 2.45) is 0 Å². The van der Waals surface area contributed by atoms with E-state index < -0.39 is 10.0 Å². The molecule has 0 amide bonds. The van der Waals surface area contributed by atoms with Gasteiger partial charge < -0.3 is 5.73 Å². The molecule has 0 saturated carbocycles. The molecule has 0 aliphatic carbocycles. The number of aromatic nitrogens is 2. The highest BCUT2D eigenvalue weighted by Crippen LogP contribution is 2.27. The third-order valence-electron chi connectivity index (χ3n) is 2.79. The molecule has 0 fully saturated rings. The van der Waals surface area contributed by atoms with E-state index in [9.17, 15) is 8.42 Å². The van der Waals surface area contributed by atoms with Crippen LogP contribution in [0, 0.1) is 20.8 Å². The molecule has 1 aromatic heterocycles. The first-order valence-corrected chi connectivity index (χ1v) is 8.37. The van der Waals surface area contributed by atoms with Crippen molar-refractivity contribution < 1.29 is 8.42 Å². The first-order chi connectivity index (χ1) is 9.69. The second-order valence-electron chi connectivity index (χ2n) is 4.72. The third kappa shape index (κ3) is 3.51. The Morgan fingerprint density at radius 1 is 1.10 bits per heavy atom. The van der Waals surface area contributed by atoms with Crippen LogP contribution >= 0.6 is 15.9 Å². The zero-order chi connectivity index (χ0) is 15.8. The number of nitrogens with one attached hydrogen (secondary N) is 1. The van der Waals surface area contributed by atoms with Crippen molar-refractivity contribution in [2.75, 3.05) is 10.5 Å². The van der Waals surface area contributed by atoms with Gasteiger partial charge in [0.25, 0.3) is 10.0 Å². The molecule has 0 unspecified atom stereocenters. The Labute approximate surface area is 132 Å². The summed E-state index contributed by atoms with van der Waals surface area (Å²) in [6, 6.07) is 4.83. The molecule has 8 heteroatoms. The van der Waals surface area contributed by atoms with Crippen molar-refractivity contribution >= 4 is 37.6 Å². The van der Waals surface area contributed by atoms with E-state index in [0.29, 0.717) is 27.1 Å². The number of sulfonamides is 1. The van der Waals surface area contributed by atoms with Crippen LogP contribution in [-0.2, 0) is 10.0 Å². The molecular formula is C13H15BrN4O2S. The monoisotopic (exact) mass is 370 g/mol. The Balaban J connectivity index is 2.45. The summed E-state index contributed by atoms with van der Waals surface area (Å²) in [6.07, 6.45) is 0. The summed E-state index contributed by atoms with van der Waals surface area (Å²) in [6.45, 7) is 5.24. The Hall–Kier alpha value is -1.67. The molecule has 0 atom stereocenters. The topological polar surface area (TPSA) is 98.0 Å². The zero-order valence-corrected chi connectivity index (χ0v) is 14.2. The Bertz CT molecular complexity index is 786. The lowest BCUT2D eigenvalue weighted by molar-refractivity contribution is 0.600. The van der Waals surface area contributed by atoms with Gasteiger partial charge in [-0.15, -0.1) is 0 Å². The molecule has 2 rings (SSSR count). The van der Waals surface area contributed by atoms with Gasteiger partial charge in [0.2, 0.25) is 5.95 Å². The number of halogens is 1. The molecule has 21 heavy (non-hydrogen) atoms. The summed E-state index contributed by atoms with van der Waals surface area (Å²) in [5, 5.41) is 0. The average Bonchev–Trinajstić information content (AvgIpc) is 2.31. The smallest absolute Gasteiger partial charge is 0.264 e. The predicted molar refractivity (Wildman–Crippen MR) is 85.6 cm³/mol. The fourth-order valence-electron chi connectivity index (χ4n) is 1.90. The molecule has 0 aliphatic rings. The van der Waals surface area contributed by atoms with E-state index in [1.165, 1.54) is 6.07 Å². The van der Waals surface area contributed by atoms with Crippen LogP contribution in [0.3, 0.4) is 0 Å². The van der Waals surface area contributed by atoms with Gasteiger partial charge in [-0.25, -0.2) is 23.1 Å². The Morgan fingerprint density at radius 3 is 2.24 bits per heavy atom. The van der Waals surface area contributed by atoms with Crippen molar-refractivity contribution in [1.82, 2.24) is 9.97 Å². The lowest BCUT2D eigenvalue weighted by Gasteiger charge is -2.11.